The second-order valence-corrected chi connectivity index (χ2v) is 5.99. The number of nitrogens with zero attached hydrogens (tertiary/aromatic N) is 2. The Bertz CT molecular complexity index is 642. The summed E-state index contributed by atoms with van der Waals surface area (Å²) in [6.45, 7) is 3.44. The van der Waals surface area contributed by atoms with Crippen LogP contribution < -0.4 is 4.74 Å². The van der Waals surface area contributed by atoms with Crippen molar-refractivity contribution in [2.45, 2.75) is 58.0 Å². The van der Waals surface area contributed by atoms with Gasteiger partial charge in [0.2, 0.25) is 12.1 Å². The van der Waals surface area contributed by atoms with Gasteiger partial charge in [0.05, 0.1) is 0 Å². The Morgan fingerprint density at radius 3 is 2.19 bits per heavy atom. The van der Waals surface area contributed by atoms with Crippen LogP contribution in [0.3, 0.4) is 0 Å². The quantitative estimate of drug-likeness (QED) is 0.195. The van der Waals surface area contributed by atoms with Crippen LogP contribution in [0.4, 0.5) is 0 Å². The van der Waals surface area contributed by atoms with E-state index in [4.69, 9.17) is 4.74 Å². The van der Waals surface area contributed by atoms with Crippen molar-refractivity contribution in [2.24, 2.45) is 0 Å². The molecular weight excluding hydrogens is 340 g/mol. The van der Waals surface area contributed by atoms with Gasteiger partial charge in [0, 0.05) is 41.6 Å². The van der Waals surface area contributed by atoms with Gasteiger partial charge in [0.1, 0.15) is 5.75 Å². The van der Waals surface area contributed by atoms with Crippen LogP contribution in [0.25, 0.3) is 0 Å². The third kappa shape index (κ3) is 7.42. The van der Waals surface area contributed by atoms with Gasteiger partial charge in [-0.15, -0.1) is 0 Å². The summed E-state index contributed by atoms with van der Waals surface area (Å²) >= 11 is 0. The van der Waals surface area contributed by atoms with E-state index < -0.39 is 18.1 Å². The molecule has 0 bridgehead atoms. The summed E-state index contributed by atoms with van der Waals surface area (Å²) in [5.41, 5.74) is 0.749. The van der Waals surface area contributed by atoms with Crippen molar-refractivity contribution in [1.82, 2.24) is 0 Å². The number of esters is 1. The van der Waals surface area contributed by atoms with Gasteiger partial charge in [-0.05, 0) is 31.0 Å². The first-order valence-corrected chi connectivity index (χ1v) is 8.57. The molecule has 0 radical (unpaired) electrons. The smallest absolute Gasteiger partial charge is 0.335 e. The van der Waals surface area contributed by atoms with Crippen molar-refractivity contribution < 1.29 is 19.4 Å². The lowest BCUT2D eigenvalue weighted by Gasteiger charge is -2.11. The molecule has 0 N–H and O–H groups in total. The minimum Gasteiger partial charge on any atom is -0.423 e. The summed E-state index contributed by atoms with van der Waals surface area (Å²) in [7, 11) is 0. The van der Waals surface area contributed by atoms with Gasteiger partial charge in [-0.2, -0.15) is 0 Å². The maximum atomic E-state index is 11.4. The van der Waals surface area contributed by atoms with Crippen LogP contribution in [-0.2, 0) is 11.2 Å². The van der Waals surface area contributed by atoms with Crippen LogP contribution in [-0.4, -0.2) is 27.9 Å². The zero-order valence-electron chi connectivity index (χ0n) is 15.0. The SMILES string of the molecule is CC=CC(=O)Oc1ccc(CC(CCCC(CC)[N+](=O)[O-])[N+](=O)[O-])cc1. The van der Waals surface area contributed by atoms with Crippen molar-refractivity contribution in [3.63, 3.8) is 0 Å². The maximum absolute atomic E-state index is 11.4. The zero-order chi connectivity index (χ0) is 19.5. The Labute approximate surface area is 152 Å². The number of allylic oxidation sites excluding steroid dienone is 1. The molecule has 1 aromatic rings. The van der Waals surface area contributed by atoms with E-state index in [1.54, 1.807) is 44.2 Å². The molecule has 0 aromatic heterocycles. The summed E-state index contributed by atoms with van der Waals surface area (Å²) < 4.78 is 5.06. The highest BCUT2D eigenvalue weighted by atomic mass is 16.6. The number of carbonyl (C=O) groups excluding carboxylic acids is 1. The Kier molecular flexibility index (Phi) is 8.97. The number of hydrogen-bond donors (Lipinski definition) is 0. The number of hydrogen-bond acceptors (Lipinski definition) is 6. The normalized spacial score (nSPS) is 13.3. The molecule has 0 fully saturated rings. The number of ether oxygens (including phenoxy) is 1. The average molecular weight is 364 g/mol. The topological polar surface area (TPSA) is 113 Å². The highest BCUT2D eigenvalue weighted by molar-refractivity contribution is 5.83. The average Bonchev–Trinajstić information content (AvgIpc) is 2.58. The van der Waals surface area contributed by atoms with E-state index in [9.17, 15) is 25.0 Å². The van der Waals surface area contributed by atoms with Gasteiger partial charge in [0.15, 0.2) is 0 Å². The van der Waals surface area contributed by atoms with Crippen LogP contribution >= 0.6 is 0 Å². The molecule has 2 unspecified atom stereocenters. The Morgan fingerprint density at radius 1 is 1.12 bits per heavy atom. The van der Waals surface area contributed by atoms with Crippen LogP contribution in [0, 0.1) is 20.2 Å². The molecular formula is C18H24N2O6. The van der Waals surface area contributed by atoms with E-state index in [1.807, 2.05) is 0 Å². The summed E-state index contributed by atoms with van der Waals surface area (Å²) in [5.74, 6) is -0.119. The summed E-state index contributed by atoms with van der Waals surface area (Å²) in [5, 5.41) is 22.1. The maximum Gasteiger partial charge on any atom is 0.335 e. The minimum atomic E-state index is -0.796. The highest BCUT2D eigenvalue weighted by Crippen LogP contribution is 2.18. The fourth-order valence-electron chi connectivity index (χ4n) is 2.58. The van der Waals surface area contributed by atoms with Crippen LogP contribution in [0.2, 0.25) is 0 Å². The van der Waals surface area contributed by atoms with E-state index >= 15 is 0 Å². The van der Waals surface area contributed by atoms with E-state index in [0.29, 0.717) is 25.0 Å². The fraction of sp³-hybridized carbons (Fsp3) is 0.500. The number of benzene rings is 1. The summed E-state index contributed by atoms with van der Waals surface area (Å²) in [6.07, 6.45) is 4.58. The molecule has 0 saturated heterocycles. The van der Waals surface area contributed by atoms with Gasteiger partial charge < -0.3 is 4.74 Å². The number of carbonyl (C=O) groups is 1. The van der Waals surface area contributed by atoms with Gasteiger partial charge in [-0.25, -0.2) is 4.79 Å². The molecule has 2 atom stereocenters. The minimum absolute atomic E-state index is 0.228. The van der Waals surface area contributed by atoms with Crippen molar-refractivity contribution in [3.8, 4) is 5.75 Å². The largest absolute Gasteiger partial charge is 0.423 e. The molecule has 1 rings (SSSR count). The van der Waals surface area contributed by atoms with Crippen molar-refractivity contribution in [3.05, 3.63) is 62.2 Å². The van der Waals surface area contributed by atoms with E-state index in [-0.39, 0.29) is 22.7 Å². The number of rotatable bonds is 11. The molecule has 8 nitrogen and oxygen atoms in total. The van der Waals surface area contributed by atoms with Crippen LogP contribution in [0.1, 0.15) is 45.1 Å². The lowest BCUT2D eigenvalue weighted by atomic mass is 9.99. The fourth-order valence-corrected chi connectivity index (χ4v) is 2.58. The molecule has 26 heavy (non-hydrogen) atoms. The third-order valence-corrected chi connectivity index (χ3v) is 4.06. The van der Waals surface area contributed by atoms with Crippen LogP contribution in [0.15, 0.2) is 36.4 Å². The molecule has 0 aliphatic rings. The first-order valence-electron chi connectivity index (χ1n) is 8.57. The first-order chi connectivity index (χ1) is 12.4. The van der Waals surface area contributed by atoms with Gasteiger partial charge >= 0.3 is 5.97 Å². The molecule has 0 amide bonds. The molecule has 0 spiro atoms. The van der Waals surface area contributed by atoms with Gasteiger partial charge in [-0.3, -0.25) is 20.2 Å². The van der Waals surface area contributed by atoms with E-state index in [0.717, 1.165) is 5.56 Å². The predicted octanol–water partition coefficient (Wildman–Crippen LogP) is 3.58. The number of nitro groups is 2. The lowest BCUT2D eigenvalue weighted by molar-refractivity contribution is -0.528. The van der Waals surface area contributed by atoms with E-state index in [1.165, 1.54) is 6.08 Å². The molecule has 0 aliphatic heterocycles. The van der Waals surface area contributed by atoms with Gasteiger partial charge in [-0.1, -0.05) is 25.1 Å². The summed E-state index contributed by atoms with van der Waals surface area (Å²) in [6, 6.07) is 5.10. The molecule has 0 heterocycles. The molecule has 8 heteroatoms. The molecule has 142 valence electrons. The molecule has 0 aliphatic carbocycles. The van der Waals surface area contributed by atoms with Crippen molar-refractivity contribution in [1.29, 1.82) is 0 Å². The van der Waals surface area contributed by atoms with Crippen LogP contribution in [0.5, 0.6) is 5.75 Å². The predicted molar refractivity (Wildman–Crippen MR) is 96.3 cm³/mol. The van der Waals surface area contributed by atoms with E-state index in [2.05, 4.69) is 0 Å². The Balaban J connectivity index is 2.60. The van der Waals surface area contributed by atoms with Crippen molar-refractivity contribution in [2.75, 3.05) is 0 Å². The monoisotopic (exact) mass is 364 g/mol. The Hall–Kier alpha value is -2.77. The first kappa shape index (κ1) is 21.3. The Morgan fingerprint density at radius 2 is 1.69 bits per heavy atom. The third-order valence-electron chi connectivity index (χ3n) is 4.06. The molecule has 0 saturated carbocycles. The highest BCUT2D eigenvalue weighted by Gasteiger charge is 2.23. The van der Waals surface area contributed by atoms with Crippen molar-refractivity contribution >= 4 is 5.97 Å². The second kappa shape index (κ2) is 11.0. The second-order valence-electron chi connectivity index (χ2n) is 5.99. The zero-order valence-corrected chi connectivity index (χ0v) is 15.0. The molecule has 1 aromatic carbocycles. The summed E-state index contributed by atoms with van der Waals surface area (Å²) in [4.78, 5) is 32.8. The standard InChI is InChI=1S/C18H24N2O6/c1-3-6-18(21)26-17-11-9-14(10-12-17)13-16(20(24)25)8-5-7-15(4-2)19(22)23/h3,6,9-12,15-16H,4-5,7-8,13H2,1-2H3. The van der Waals surface area contributed by atoms with Gasteiger partial charge in [0.25, 0.3) is 0 Å². The lowest BCUT2D eigenvalue weighted by Crippen LogP contribution is -2.24.